The number of ether oxygens (including phenoxy) is 1. The monoisotopic (exact) mass is 330 g/mol. The van der Waals surface area contributed by atoms with Gasteiger partial charge in [-0.1, -0.05) is 42.8 Å². The van der Waals surface area contributed by atoms with Gasteiger partial charge < -0.3 is 9.16 Å². The van der Waals surface area contributed by atoms with Crippen LogP contribution in [0.4, 0.5) is 0 Å². The lowest BCUT2D eigenvalue weighted by molar-refractivity contribution is 0.0840. The second-order valence-electron chi connectivity index (χ2n) is 5.82. The molecule has 0 saturated carbocycles. The molecule has 1 unspecified atom stereocenters. The minimum absolute atomic E-state index is 0.0539. The van der Waals surface area contributed by atoms with Crippen LogP contribution in [0.3, 0.4) is 0 Å². The topological polar surface area (TPSA) is 18.5 Å². The van der Waals surface area contributed by atoms with Crippen molar-refractivity contribution >= 4 is 25.0 Å². The second kappa shape index (κ2) is 6.22. The molecule has 0 amide bonds. The molecule has 0 bridgehead atoms. The molecule has 4 heteroatoms. The maximum Gasteiger partial charge on any atom is 0.171 e. The molecule has 0 aliphatic rings. The van der Waals surface area contributed by atoms with Crippen LogP contribution in [0, 0.1) is 5.41 Å². The van der Waals surface area contributed by atoms with Gasteiger partial charge in [-0.25, -0.2) is 0 Å². The second-order valence-corrected chi connectivity index (χ2v) is 9.10. The van der Waals surface area contributed by atoms with Gasteiger partial charge in [0.15, 0.2) is 9.04 Å². The van der Waals surface area contributed by atoms with Gasteiger partial charge in [-0.05, 0) is 30.6 Å². The summed E-state index contributed by atoms with van der Waals surface area (Å²) < 4.78 is 12.7. The zero-order valence-electron chi connectivity index (χ0n) is 12.1. The lowest BCUT2D eigenvalue weighted by Crippen LogP contribution is -2.26. The molecular weight excluding hydrogens is 308 g/mol. The van der Waals surface area contributed by atoms with Crippen molar-refractivity contribution in [2.45, 2.75) is 40.0 Å². The van der Waals surface area contributed by atoms with Gasteiger partial charge >= 0.3 is 0 Å². The summed E-state index contributed by atoms with van der Waals surface area (Å²) >= 11 is 3.48. The van der Waals surface area contributed by atoms with E-state index < -0.39 is 9.04 Å². The summed E-state index contributed by atoms with van der Waals surface area (Å²) in [6, 6.07) is 6.14. The summed E-state index contributed by atoms with van der Waals surface area (Å²) in [5.74, 6) is 0.888. The molecule has 0 aliphatic heterocycles. The molecule has 18 heavy (non-hydrogen) atoms. The van der Waals surface area contributed by atoms with E-state index in [0.29, 0.717) is 0 Å². The predicted octanol–water partition coefficient (Wildman–Crippen LogP) is 4.54. The molecule has 0 N–H and O–H groups in total. The fourth-order valence-electron chi connectivity index (χ4n) is 1.92. The highest BCUT2D eigenvalue weighted by atomic mass is 79.9. The molecule has 102 valence electrons. The summed E-state index contributed by atoms with van der Waals surface area (Å²) in [5.41, 5.74) is 1.19. The Balaban J connectivity index is 3.20. The van der Waals surface area contributed by atoms with Crippen molar-refractivity contribution in [3.05, 3.63) is 28.2 Å². The first-order chi connectivity index (χ1) is 8.25. The molecule has 0 radical (unpaired) electrons. The van der Waals surface area contributed by atoms with E-state index in [9.17, 15) is 0 Å². The van der Waals surface area contributed by atoms with Crippen LogP contribution in [0.15, 0.2) is 22.7 Å². The third-order valence-electron chi connectivity index (χ3n) is 2.67. The largest absolute Gasteiger partial charge is 0.496 e. The van der Waals surface area contributed by atoms with Crippen molar-refractivity contribution in [2.75, 3.05) is 7.11 Å². The van der Waals surface area contributed by atoms with Crippen LogP contribution in [-0.2, 0) is 4.43 Å². The lowest BCUT2D eigenvalue weighted by Gasteiger charge is -2.33. The Labute approximate surface area is 121 Å². The Morgan fingerprint density at radius 3 is 2.28 bits per heavy atom. The van der Waals surface area contributed by atoms with Crippen molar-refractivity contribution in [3.63, 3.8) is 0 Å². The summed E-state index contributed by atoms with van der Waals surface area (Å²) in [6.07, 6.45) is 0.0761. The van der Waals surface area contributed by atoms with E-state index in [1.54, 1.807) is 7.11 Å². The minimum Gasteiger partial charge on any atom is -0.496 e. The van der Waals surface area contributed by atoms with Crippen molar-refractivity contribution in [2.24, 2.45) is 5.41 Å². The standard InChI is InChI=1S/C14H23BrO2Si/c1-14(2,3)13(17-18(5)6)11-8-7-10(15)9-12(11)16-4/h7-9,13,18H,1-6H3. The van der Waals surface area contributed by atoms with Gasteiger partial charge in [0.1, 0.15) is 5.75 Å². The highest BCUT2D eigenvalue weighted by Crippen LogP contribution is 2.41. The number of halogens is 1. The van der Waals surface area contributed by atoms with E-state index >= 15 is 0 Å². The van der Waals surface area contributed by atoms with E-state index in [1.807, 2.05) is 12.1 Å². The van der Waals surface area contributed by atoms with Crippen LogP contribution in [0.2, 0.25) is 13.1 Å². The Morgan fingerprint density at radius 2 is 1.83 bits per heavy atom. The van der Waals surface area contributed by atoms with Crippen molar-refractivity contribution in [3.8, 4) is 5.75 Å². The molecular formula is C14H23BrO2Si. The third kappa shape index (κ3) is 4.11. The molecule has 0 aliphatic carbocycles. The first-order valence-corrected chi connectivity index (χ1v) is 9.82. The van der Waals surface area contributed by atoms with Gasteiger partial charge in [-0.15, -0.1) is 0 Å². The molecule has 0 saturated heterocycles. The number of benzene rings is 1. The summed E-state index contributed by atoms with van der Waals surface area (Å²) in [4.78, 5) is 0. The average molecular weight is 331 g/mol. The number of hydrogen-bond acceptors (Lipinski definition) is 2. The van der Waals surface area contributed by atoms with Crippen LogP contribution in [-0.4, -0.2) is 16.2 Å². The summed E-state index contributed by atoms with van der Waals surface area (Å²) in [7, 11) is 0.597. The highest BCUT2D eigenvalue weighted by Gasteiger charge is 2.30. The van der Waals surface area contributed by atoms with Gasteiger partial charge in [-0.3, -0.25) is 0 Å². The Hall–Kier alpha value is -0.323. The molecule has 0 fully saturated rings. The molecule has 2 nitrogen and oxygen atoms in total. The lowest BCUT2D eigenvalue weighted by atomic mass is 9.84. The third-order valence-corrected chi connectivity index (χ3v) is 3.98. The molecule has 0 heterocycles. The Kier molecular flexibility index (Phi) is 5.43. The number of hydrogen-bond donors (Lipinski definition) is 0. The summed E-state index contributed by atoms with van der Waals surface area (Å²) in [6.45, 7) is 11.0. The van der Waals surface area contributed by atoms with Crippen molar-refractivity contribution < 1.29 is 9.16 Å². The molecule has 0 aromatic heterocycles. The van der Waals surface area contributed by atoms with Crippen LogP contribution in [0.1, 0.15) is 32.4 Å². The predicted molar refractivity (Wildman–Crippen MR) is 82.9 cm³/mol. The maximum atomic E-state index is 6.23. The van der Waals surface area contributed by atoms with E-state index in [-0.39, 0.29) is 11.5 Å². The first kappa shape index (κ1) is 15.7. The fraction of sp³-hybridized carbons (Fsp3) is 0.571. The SMILES string of the molecule is COc1cc(Br)ccc1C(O[SiH](C)C)C(C)(C)C. The summed E-state index contributed by atoms with van der Waals surface area (Å²) in [5, 5.41) is 0. The van der Waals surface area contributed by atoms with Gasteiger partial charge in [0.25, 0.3) is 0 Å². The van der Waals surface area contributed by atoms with Gasteiger partial charge in [0.2, 0.25) is 0 Å². The molecule has 1 aromatic carbocycles. The van der Waals surface area contributed by atoms with Crippen LogP contribution in [0.5, 0.6) is 5.75 Å². The highest BCUT2D eigenvalue weighted by molar-refractivity contribution is 9.10. The van der Waals surface area contributed by atoms with Gasteiger partial charge in [0.05, 0.1) is 13.2 Å². The molecule has 0 spiro atoms. The number of rotatable bonds is 4. The van der Waals surface area contributed by atoms with Gasteiger partial charge in [0, 0.05) is 10.0 Å². The average Bonchev–Trinajstić information content (AvgIpc) is 2.24. The first-order valence-electron chi connectivity index (χ1n) is 6.24. The fourth-order valence-corrected chi connectivity index (χ4v) is 3.36. The minimum atomic E-state index is -1.11. The van der Waals surface area contributed by atoms with Gasteiger partial charge in [-0.2, -0.15) is 0 Å². The van der Waals surface area contributed by atoms with Crippen LogP contribution in [0.25, 0.3) is 0 Å². The molecule has 1 atom stereocenters. The zero-order valence-corrected chi connectivity index (χ0v) is 14.8. The zero-order chi connectivity index (χ0) is 13.9. The molecule has 1 aromatic rings. The van der Waals surface area contributed by atoms with E-state index in [4.69, 9.17) is 9.16 Å². The van der Waals surface area contributed by atoms with E-state index in [2.05, 4.69) is 55.9 Å². The Bertz CT molecular complexity index is 399. The van der Waals surface area contributed by atoms with Crippen LogP contribution < -0.4 is 4.74 Å². The molecule has 1 rings (SSSR count). The normalized spacial score (nSPS) is 13.8. The number of methoxy groups -OCH3 is 1. The van der Waals surface area contributed by atoms with E-state index in [0.717, 1.165) is 15.8 Å². The quantitative estimate of drug-likeness (QED) is 0.754. The van der Waals surface area contributed by atoms with Crippen molar-refractivity contribution in [1.82, 2.24) is 0 Å². The maximum absolute atomic E-state index is 6.23. The van der Waals surface area contributed by atoms with Crippen molar-refractivity contribution in [1.29, 1.82) is 0 Å². The van der Waals surface area contributed by atoms with Crippen LogP contribution >= 0.6 is 15.9 Å². The Morgan fingerprint density at radius 1 is 1.22 bits per heavy atom. The van der Waals surface area contributed by atoms with E-state index in [1.165, 1.54) is 0 Å². The smallest absolute Gasteiger partial charge is 0.171 e.